The molecule has 0 radical (unpaired) electrons. The highest BCUT2D eigenvalue weighted by atomic mass is 16.2. The molecular weight excluding hydrogens is 200 g/mol. The molecule has 0 unspecified atom stereocenters. The number of piperazine rings is 1. The van der Waals surface area contributed by atoms with Gasteiger partial charge in [-0.25, -0.2) is 0 Å². The topological polar surface area (TPSA) is 32.3 Å². The standard InChI is InChI=1S/C13H26N2O/c1-4-6-13(2,3)7-5-12(16)15-10-8-14-9-11-15/h14H,4-11H2,1-3H3. The number of carbonyl (C=O) groups excluding carboxylic acids is 1. The van der Waals surface area contributed by atoms with Crippen molar-refractivity contribution in [2.24, 2.45) is 5.41 Å². The molecule has 0 atom stereocenters. The molecule has 0 saturated carbocycles. The van der Waals surface area contributed by atoms with Gasteiger partial charge in [0.1, 0.15) is 0 Å². The Morgan fingerprint density at radius 2 is 1.88 bits per heavy atom. The van der Waals surface area contributed by atoms with Gasteiger partial charge in [0.05, 0.1) is 0 Å². The Labute approximate surface area is 99.6 Å². The summed E-state index contributed by atoms with van der Waals surface area (Å²) < 4.78 is 0. The van der Waals surface area contributed by atoms with Crippen molar-refractivity contribution in [1.29, 1.82) is 0 Å². The molecule has 94 valence electrons. The summed E-state index contributed by atoms with van der Waals surface area (Å²) in [5.41, 5.74) is 0.318. The molecule has 1 rings (SSSR count). The molecule has 3 nitrogen and oxygen atoms in total. The summed E-state index contributed by atoms with van der Waals surface area (Å²) in [6.07, 6.45) is 4.15. The molecule has 1 aliphatic heterocycles. The molecule has 1 aliphatic rings. The maximum absolute atomic E-state index is 11.9. The average molecular weight is 226 g/mol. The van der Waals surface area contributed by atoms with Gasteiger partial charge in [0.15, 0.2) is 0 Å². The van der Waals surface area contributed by atoms with Gasteiger partial charge < -0.3 is 10.2 Å². The van der Waals surface area contributed by atoms with E-state index in [1.54, 1.807) is 0 Å². The third kappa shape index (κ3) is 4.52. The van der Waals surface area contributed by atoms with Crippen LogP contribution in [-0.2, 0) is 4.79 Å². The van der Waals surface area contributed by atoms with Crippen molar-refractivity contribution in [2.45, 2.75) is 46.5 Å². The molecular formula is C13H26N2O. The second kappa shape index (κ2) is 6.24. The minimum absolute atomic E-state index is 0.318. The molecule has 16 heavy (non-hydrogen) atoms. The summed E-state index contributed by atoms with van der Waals surface area (Å²) in [7, 11) is 0. The maximum Gasteiger partial charge on any atom is 0.222 e. The van der Waals surface area contributed by atoms with Crippen molar-refractivity contribution in [3.05, 3.63) is 0 Å². The molecule has 3 heteroatoms. The number of carbonyl (C=O) groups is 1. The van der Waals surface area contributed by atoms with Crippen LogP contribution in [0, 0.1) is 5.41 Å². The number of nitrogens with zero attached hydrogens (tertiary/aromatic N) is 1. The summed E-state index contributed by atoms with van der Waals surface area (Å²) in [6.45, 7) is 10.4. The average Bonchev–Trinajstić information content (AvgIpc) is 2.27. The van der Waals surface area contributed by atoms with Crippen LogP contribution in [0.25, 0.3) is 0 Å². The fourth-order valence-corrected chi connectivity index (χ4v) is 2.32. The maximum atomic E-state index is 11.9. The molecule has 0 aromatic carbocycles. The minimum Gasteiger partial charge on any atom is -0.340 e. The van der Waals surface area contributed by atoms with Gasteiger partial charge in [0, 0.05) is 32.6 Å². The summed E-state index contributed by atoms with van der Waals surface area (Å²) in [6, 6.07) is 0. The van der Waals surface area contributed by atoms with Gasteiger partial charge in [0.2, 0.25) is 5.91 Å². The molecule has 1 N–H and O–H groups in total. The van der Waals surface area contributed by atoms with Crippen LogP contribution < -0.4 is 5.32 Å². The first-order chi connectivity index (χ1) is 7.55. The van der Waals surface area contributed by atoms with E-state index in [4.69, 9.17) is 0 Å². The van der Waals surface area contributed by atoms with E-state index in [1.165, 1.54) is 12.8 Å². The summed E-state index contributed by atoms with van der Waals surface area (Å²) in [5, 5.41) is 3.27. The number of hydrogen-bond donors (Lipinski definition) is 1. The van der Waals surface area contributed by atoms with Gasteiger partial charge in [-0.2, -0.15) is 0 Å². The lowest BCUT2D eigenvalue weighted by molar-refractivity contribution is -0.132. The second-order valence-electron chi connectivity index (χ2n) is 5.55. The predicted molar refractivity (Wildman–Crippen MR) is 67.4 cm³/mol. The monoisotopic (exact) mass is 226 g/mol. The summed E-state index contributed by atoms with van der Waals surface area (Å²) in [4.78, 5) is 13.9. The molecule has 0 aromatic heterocycles. The lowest BCUT2D eigenvalue weighted by Crippen LogP contribution is -2.46. The van der Waals surface area contributed by atoms with Crippen molar-refractivity contribution in [3.63, 3.8) is 0 Å². The van der Waals surface area contributed by atoms with Crippen LogP contribution in [0.4, 0.5) is 0 Å². The Balaban J connectivity index is 2.28. The Bertz CT molecular complexity index is 220. The quantitative estimate of drug-likeness (QED) is 0.778. The Hall–Kier alpha value is -0.570. The van der Waals surface area contributed by atoms with E-state index in [1.807, 2.05) is 4.90 Å². The molecule has 0 spiro atoms. The number of amides is 1. The fourth-order valence-electron chi connectivity index (χ4n) is 2.32. The highest BCUT2D eigenvalue weighted by Gasteiger charge is 2.21. The SMILES string of the molecule is CCCC(C)(C)CCC(=O)N1CCNCC1. The normalized spacial score (nSPS) is 17.6. The molecule has 1 amide bonds. The zero-order chi connectivity index (χ0) is 12.0. The van der Waals surface area contributed by atoms with Gasteiger partial charge >= 0.3 is 0 Å². The van der Waals surface area contributed by atoms with E-state index in [2.05, 4.69) is 26.1 Å². The van der Waals surface area contributed by atoms with E-state index in [9.17, 15) is 4.79 Å². The first-order valence-electron chi connectivity index (χ1n) is 6.54. The van der Waals surface area contributed by atoms with Gasteiger partial charge in [-0.1, -0.05) is 27.2 Å². The van der Waals surface area contributed by atoms with Crippen molar-refractivity contribution in [1.82, 2.24) is 10.2 Å². The van der Waals surface area contributed by atoms with Crippen molar-refractivity contribution in [3.8, 4) is 0 Å². The van der Waals surface area contributed by atoms with Gasteiger partial charge in [-0.15, -0.1) is 0 Å². The first kappa shape index (κ1) is 13.5. The van der Waals surface area contributed by atoms with E-state index < -0.39 is 0 Å². The zero-order valence-electron chi connectivity index (χ0n) is 11.0. The van der Waals surface area contributed by atoms with Crippen LogP contribution in [0.5, 0.6) is 0 Å². The molecule has 1 fully saturated rings. The highest BCUT2D eigenvalue weighted by molar-refractivity contribution is 5.76. The summed E-state index contributed by atoms with van der Waals surface area (Å²) >= 11 is 0. The largest absolute Gasteiger partial charge is 0.340 e. The molecule has 1 heterocycles. The zero-order valence-corrected chi connectivity index (χ0v) is 11.0. The van der Waals surface area contributed by atoms with E-state index in [0.29, 0.717) is 17.7 Å². The minimum atomic E-state index is 0.318. The Morgan fingerprint density at radius 1 is 1.25 bits per heavy atom. The van der Waals surface area contributed by atoms with Crippen molar-refractivity contribution >= 4 is 5.91 Å². The lowest BCUT2D eigenvalue weighted by Gasteiger charge is -2.29. The van der Waals surface area contributed by atoms with Crippen LogP contribution >= 0.6 is 0 Å². The first-order valence-corrected chi connectivity index (χ1v) is 6.54. The van der Waals surface area contributed by atoms with Crippen LogP contribution in [0.1, 0.15) is 46.5 Å². The smallest absolute Gasteiger partial charge is 0.222 e. The number of hydrogen-bond acceptors (Lipinski definition) is 2. The van der Waals surface area contributed by atoms with Crippen LogP contribution in [0.2, 0.25) is 0 Å². The molecule has 0 aromatic rings. The Morgan fingerprint density at radius 3 is 2.44 bits per heavy atom. The van der Waals surface area contributed by atoms with Crippen LogP contribution in [0.15, 0.2) is 0 Å². The number of nitrogens with one attached hydrogen (secondary N) is 1. The van der Waals surface area contributed by atoms with Gasteiger partial charge in [-0.3, -0.25) is 4.79 Å². The Kier molecular flexibility index (Phi) is 5.26. The summed E-state index contributed by atoms with van der Waals surface area (Å²) in [5.74, 6) is 0.339. The predicted octanol–water partition coefficient (Wildman–Crippen LogP) is 2.02. The lowest BCUT2D eigenvalue weighted by atomic mass is 9.83. The third-order valence-electron chi connectivity index (χ3n) is 3.41. The molecule has 0 bridgehead atoms. The van der Waals surface area contributed by atoms with Crippen molar-refractivity contribution < 1.29 is 4.79 Å². The number of rotatable bonds is 5. The van der Waals surface area contributed by atoms with E-state index >= 15 is 0 Å². The second-order valence-corrected chi connectivity index (χ2v) is 5.55. The van der Waals surface area contributed by atoms with E-state index in [-0.39, 0.29) is 0 Å². The van der Waals surface area contributed by atoms with Crippen LogP contribution in [-0.4, -0.2) is 37.0 Å². The molecule has 1 saturated heterocycles. The van der Waals surface area contributed by atoms with Crippen molar-refractivity contribution in [2.75, 3.05) is 26.2 Å². The molecule has 0 aliphatic carbocycles. The van der Waals surface area contributed by atoms with Gasteiger partial charge in [-0.05, 0) is 18.3 Å². The van der Waals surface area contributed by atoms with Gasteiger partial charge in [0.25, 0.3) is 0 Å². The fraction of sp³-hybridized carbons (Fsp3) is 0.923. The van der Waals surface area contributed by atoms with Crippen LogP contribution in [0.3, 0.4) is 0 Å². The highest BCUT2D eigenvalue weighted by Crippen LogP contribution is 2.28. The van der Waals surface area contributed by atoms with E-state index in [0.717, 1.165) is 32.6 Å². The third-order valence-corrected chi connectivity index (χ3v) is 3.41.